The lowest BCUT2D eigenvalue weighted by Gasteiger charge is -2.19. The van der Waals surface area contributed by atoms with Crippen molar-refractivity contribution in [2.24, 2.45) is 11.0 Å². The normalized spacial score (nSPS) is 17.4. The Morgan fingerprint density at radius 3 is 2.61 bits per heavy atom. The molecule has 0 saturated heterocycles. The zero-order valence-electron chi connectivity index (χ0n) is 12.9. The Kier molecular flexibility index (Phi) is 3.92. The van der Waals surface area contributed by atoms with E-state index in [1.54, 1.807) is 13.1 Å². The topological polar surface area (TPSA) is 99.2 Å². The molecule has 0 fully saturated rings. The van der Waals surface area contributed by atoms with E-state index in [-0.39, 0.29) is 17.4 Å². The molecule has 1 unspecified atom stereocenters. The molecule has 2 heterocycles. The molecule has 118 valence electrons. The summed E-state index contributed by atoms with van der Waals surface area (Å²) in [5.41, 5.74) is 5.43. The predicted octanol–water partition coefficient (Wildman–Crippen LogP) is 1.68. The molecule has 7 heteroatoms. The first-order chi connectivity index (χ1) is 11.0. The number of hydrazone groups is 1. The fourth-order valence-corrected chi connectivity index (χ4v) is 2.39. The number of H-pyrrole nitrogens is 1. The Morgan fingerprint density at radius 2 is 1.96 bits per heavy atom. The van der Waals surface area contributed by atoms with Gasteiger partial charge in [-0.25, -0.2) is 5.43 Å². The van der Waals surface area contributed by atoms with Crippen LogP contribution in [0.4, 0.5) is 11.6 Å². The molecule has 1 aromatic carbocycles. The Hall–Kier alpha value is -2.96. The van der Waals surface area contributed by atoms with Gasteiger partial charge >= 0.3 is 0 Å². The number of rotatable bonds is 3. The van der Waals surface area contributed by atoms with Gasteiger partial charge in [0.05, 0.1) is 5.71 Å². The maximum atomic E-state index is 11.5. The highest BCUT2D eigenvalue weighted by Crippen LogP contribution is 2.19. The highest BCUT2D eigenvalue weighted by Gasteiger charge is 2.21. The zero-order valence-corrected chi connectivity index (χ0v) is 12.9. The number of nitrogens with zero attached hydrogens (tertiary/aromatic N) is 2. The van der Waals surface area contributed by atoms with Crippen LogP contribution < -0.4 is 16.3 Å². The summed E-state index contributed by atoms with van der Waals surface area (Å²) in [7, 11) is 0. The van der Waals surface area contributed by atoms with Crippen LogP contribution in [0.15, 0.2) is 40.4 Å². The average molecular weight is 311 g/mol. The summed E-state index contributed by atoms with van der Waals surface area (Å²) in [5, 5.41) is 7.18. The number of anilines is 2. The van der Waals surface area contributed by atoms with E-state index in [0.717, 1.165) is 17.0 Å². The summed E-state index contributed by atoms with van der Waals surface area (Å²) >= 11 is 0. The first kappa shape index (κ1) is 15.0. The van der Waals surface area contributed by atoms with E-state index in [1.165, 1.54) is 0 Å². The van der Waals surface area contributed by atoms with Gasteiger partial charge in [-0.15, -0.1) is 0 Å². The molecule has 1 aliphatic rings. The van der Waals surface area contributed by atoms with Crippen LogP contribution in [-0.2, 0) is 4.79 Å². The Bertz CT molecular complexity index is 823. The lowest BCUT2D eigenvalue weighted by molar-refractivity contribution is -0.121. The zero-order chi connectivity index (χ0) is 16.4. The molecular formula is C16H17N5O2. The van der Waals surface area contributed by atoms with Crippen LogP contribution in [0.2, 0.25) is 0 Å². The highest BCUT2D eigenvalue weighted by atomic mass is 16.2. The van der Waals surface area contributed by atoms with Gasteiger partial charge < -0.3 is 10.3 Å². The van der Waals surface area contributed by atoms with Crippen molar-refractivity contribution < 1.29 is 4.79 Å². The maximum Gasteiger partial charge on any atom is 0.277 e. The minimum absolute atomic E-state index is 0.0612. The molecule has 0 saturated carbocycles. The summed E-state index contributed by atoms with van der Waals surface area (Å²) in [6.45, 7) is 3.68. The number of carbonyl (C=O) groups excluding carboxylic acids is 1. The van der Waals surface area contributed by atoms with Crippen LogP contribution in [-0.4, -0.2) is 21.6 Å². The van der Waals surface area contributed by atoms with Crippen LogP contribution in [0.1, 0.15) is 24.5 Å². The largest absolute Gasteiger partial charge is 0.332 e. The van der Waals surface area contributed by atoms with Gasteiger partial charge in [-0.2, -0.15) is 10.1 Å². The van der Waals surface area contributed by atoms with Crippen LogP contribution in [0.25, 0.3) is 0 Å². The fraction of sp³-hybridized carbons (Fsp3) is 0.250. The molecule has 3 rings (SSSR count). The van der Waals surface area contributed by atoms with Gasteiger partial charge in [-0.05, 0) is 24.6 Å². The number of aromatic amines is 1. The molecule has 2 aromatic rings. The van der Waals surface area contributed by atoms with Gasteiger partial charge in [0.2, 0.25) is 11.9 Å². The molecule has 3 N–H and O–H groups in total. The molecule has 0 aliphatic carbocycles. The Balaban J connectivity index is 1.78. The van der Waals surface area contributed by atoms with Crippen LogP contribution in [0.3, 0.4) is 0 Å². The van der Waals surface area contributed by atoms with Crippen molar-refractivity contribution in [1.29, 1.82) is 0 Å². The minimum Gasteiger partial charge on any atom is -0.332 e. The third-order valence-electron chi connectivity index (χ3n) is 3.68. The van der Waals surface area contributed by atoms with Crippen molar-refractivity contribution >= 4 is 23.3 Å². The smallest absolute Gasteiger partial charge is 0.277 e. The van der Waals surface area contributed by atoms with E-state index >= 15 is 0 Å². The average Bonchev–Trinajstić information content (AvgIpc) is 2.52. The van der Waals surface area contributed by atoms with Crippen molar-refractivity contribution in [3.63, 3.8) is 0 Å². The molecule has 7 nitrogen and oxygen atoms in total. The van der Waals surface area contributed by atoms with Crippen molar-refractivity contribution in [2.75, 3.05) is 5.32 Å². The van der Waals surface area contributed by atoms with Gasteiger partial charge in [-0.3, -0.25) is 9.59 Å². The SMILES string of the molecule is Cc1c[nH]c(Nc2ccc(C3=NNC(=O)CC3C)cc2)nc1=O. The summed E-state index contributed by atoms with van der Waals surface area (Å²) in [6, 6.07) is 7.59. The number of carbonyl (C=O) groups is 1. The lowest BCUT2D eigenvalue weighted by atomic mass is 9.94. The second-order valence-electron chi connectivity index (χ2n) is 5.58. The van der Waals surface area contributed by atoms with Gasteiger partial charge in [0.1, 0.15) is 0 Å². The molecule has 1 aromatic heterocycles. The second kappa shape index (κ2) is 6.04. The molecule has 23 heavy (non-hydrogen) atoms. The molecule has 0 radical (unpaired) electrons. The minimum atomic E-state index is -0.260. The standard InChI is InChI=1S/C16H17N5O2/c1-9-7-13(22)20-21-14(9)11-3-5-12(6-4-11)18-16-17-8-10(2)15(23)19-16/h3-6,8-9H,7H2,1-2H3,(H,20,22)(H2,17,18,19,23). The van der Waals surface area contributed by atoms with E-state index in [9.17, 15) is 9.59 Å². The quantitative estimate of drug-likeness (QED) is 0.803. The summed E-state index contributed by atoms with van der Waals surface area (Å²) in [4.78, 5) is 29.7. The predicted molar refractivity (Wildman–Crippen MR) is 87.8 cm³/mol. The summed E-state index contributed by atoms with van der Waals surface area (Å²) < 4.78 is 0. The van der Waals surface area contributed by atoms with Crippen molar-refractivity contribution in [2.45, 2.75) is 20.3 Å². The number of aromatic nitrogens is 2. The second-order valence-corrected chi connectivity index (χ2v) is 5.58. The highest BCUT2D eigenvalue weighted by molar-refractivity contribution is 6.05. The third kappa shape index (κ3) is 3.28. The number of hydrogen-bond donors (Lipinski definition) is 3. The monoisotopic (exact) mass is 311 g/mol. The van der Waals surface area contributed by atoms with Gasteiger partial charge in [0, 0.05) is 29.8 Å². The van der Waals surface area contributed by atoms with E-state index in [1.807, 2.05) is 31.2 Å². The first-order valence-corrected chi connectivity index (χ1v) is 7.33. The van der Waals surface area contributed by atoms with Gasteiger partial charge in [-0.1, -0.05) is 19.1 Å². The van der Waals surface area contributed by atoms with E-state index < -0.39 is 0 Å². The van der Waals surface area contributed by atoms with Crippen molar-refractivity contribution in [1.82, 2.24) is 15.4 Å². The Morgan fingerprint density at radius 1 is 1.22 bits per heavy atom. The van der Waals surface area contributed by atoms with E-state index in [0.29, 0.717) is 17.9 Å². The molecular weight excluding hydrogens is 294 g/mol. The first-order valence-electron chi connectivity index (χ1n) is 7.33. The van der Waals surface area contributed by atoms with Crippen LogP contribution in [0, 0.1) is 12.8 Å². The fourth-order valence-electron chi connectivity index (χ4n) is 2.39. The Labute approximate surface area is 132 Å². The molecule has 0 bridgehead atoms. The van der Waals surface area contributed by atoms with Crippen LogP contribution >= 0.6 is 0 Å². The number of hydrogen-bond acceptors (Lipinski definition) is 5. The number of amides is 1. The molecule has 0 spiro atoms. The summed E-state index contributed by atoms with van der Waals surface area (Å²) in [5.74, 6) is 0.413. The lowest BCUT2D eigenvalue weighted by Crippen LogP contribution is -2.31. The number of benzene rings is 1. The van der Waals surface area contributed by atoms with Gasteiger partial charge in [0.15, 0.2) is 0 Å². The number of aryl methyl sites for hydroxylation is 1. The van der Waals surface area contributed by atoms with Crippen molar-refractivity contribution in [3.8, 4) is 0 Å². The van der Waals surface area contributed by atoms with Gasteiger partial charge in [0.25, 0.3) is 5.56 Å². The number of nitrogens with one attached hydrogen (secondary N) is 3. The van der Waals surface area contributed by atoms with E-state index in [2.05, 4.69) is 25.8 Å². The maximum absolute atomic E-state index is 11.5. The third-order valence-corrected chi connectivity index (χ3v) is 3.68. The summed E-state index contributed by atoms with van der Waals surface area (Å²) in [6.07, 6.45) is 2.06. The van der Waals surface area contributed by atoms with E-state index in [4.69, 9.17) is 0 Å². The molecule has 1 atom stereocenters. The molecule has 1 amide bonds. The molecule has 1 aliphatic heterocycles. The van der Waals surface area contributed by atoms with Crippen LogP contribution in [0.5, 0.6) is 0 Å². The van der Waals surface area contributed by atoms with Crippen molar-refractivity contribution in [3.05, 3.63) is 51.9 Å².